The summed E-state index contributed by atoms with van der Waals surface area (Å²) < 4.78 is 5.05. The highest BCUT2D eigenvalue weighted by Crippen LogP contribution is 2.34. The molecule has 26 heavy (non-hydrogen) atoms. The van der Waals surface area contributed by atoms with Crippen LogP contribution in [0.5, 0.6) is 0 Å². The Morgan fingerprint density at radius 1 is 1.15 bits per heavy atom. The lowest BCUT2D eigenvalue weighted by atomic mass is 9.98. The molecule has 3 rings (SSSR count). The molecule has 1 spiro atoms. The van der Waals surface area contributed by atoms with Crippen molar-refractivity contribution < 1.29 is 23.9 Å². The van der Waals surface area contributed by atoms with Gasteiger partial charge in [-0.3, -0.25) is 19.3 Å². The maximum absolute atomic E-state index is 12.4. The zero-order chi connectivity index (χ0) is 18.6. The number of hydrogen-bond acceptors (Lipinski definition) is 5. The predicted molar refractivity (Wildman–Crippen MR) is 90.7 cm³/mol. The number of esters is 1. The zero-order valence-corrected chi connectivity index (χ0v) is 14.3. The molecule has 2 aliphatic rings. The van der Waals surface area contributed by atoms with E-state index in [1.54, 1.807) is 0 Å². The van der Waals surface area contributed by atoms with Gasteiger partial charge in [0.2, 0.25) is 5.91 Å². The Morgan fingerprint density at radius 2 is 1.85 bits per heavy atom. The second kappa shape index (κ2) is 7.55. The molecule has 2 fully saturated rings. The van der Waals surface area contributed by atoms with Gasteiger partial charge in [0.1, 0.15) is 25.2 Å². The fourth-order valence-electron chi connectivity index (χ4n) is 3.30. The second-order valence-corrected chi connectivity index (χ2v) is 6.53. The highest BCUT2D eigenvalue weighted by atomic mass is 16.5. The molecule has 0 atom stereocenters. The van der Waals surface area contributed by atoms with Gasteiger partial charge in [0.05, 0.1) is 0 Å². The monoisotopic (exact) mass is 359 g/mol. The van der Waals surface area contributed by atoms with E-state index < -0.39 is 30.0 Å². The summed E-state index contributed by atoms with van der Waals surface area (Å²) in [5.41, 5.74) is -0.000206. The lowest BCUT2D eigenvalue weighted by Gasteiger charge is -2.19. The van der Waals surface area contributed by atoms with Crippen LogP contribution in [0.15, 0.2) is 30.3 Å². The molecule has 2 N–H and O–H groups in total. The van der Waals surface area contributed by atoms with Crippen LogP contribution in [0.25, 0.3) is 0 Å². The van der Waals surface area contributed by atoms with Gasteiger partial charge in [0.15, 0.2) is 0 Å². The Bertz CT molecular complexity index is 713. The summed E-state index contributed by atoms with van der Waals surface area (Å²) in [6, 6.07) is 8.61. The topological polar surface area (TPSA) is 105 Å². The third-order valence-electron chi connectivity index (χ3n) is 4.68. The summed E-state index contributed by atoms with van der Waals surface area (Å²) in [5, 5.41) is 5.08. The van der Waals surface area contributed by atoms with Crippen LogP contribution in [-0.2, 0) is 25.7 Å². The summed E-state index contributed by atoms with van der Waals surface area (Å²) in [7, 11) is 0. The van der Waals surface area contributed by atoms with E-state index in [4.69, 9.17) is 4.74 Å². The molecule has 1 heterocycles. The number of urea groups is 1. The summed E-state index contributed by atoms with van der Waals surface area (Å²) in [6.45, 7) is -0.607. The molecule has 8 nitrogen and oxygen atoms in total. The van der Waals surface area contributed by atoms with Crippen molar-refractivity contribution in [2.75, 3.05) is 13.1 Å². The molecule has 1 aliphatic heterocycles. The molecule has 0 unspecified atom stereocenters. The third-order valence-corrected chi connectivity index (χ3v) is 4.68. The highest BCUT2D eigenvalue weighted by molar-refractivity contribution is 6.09. The summed E-state index contributed by atoms with van der Waals surface area (Å²) in [4.78, 5) is 49.0. The largest absolute Gasteiger partial charge is 0.460 e. The molecular weight excluding hydrogens is 338 g/mol. The molecule has 1 saturated carbocycles. The van der Waals surface area contributed by atoms with Gasteiger partial charge in [-0.1, -0.05) is 43.2 Å². The van der Waals surface area contributed by atoms with Crippen LogP contribution in [0.1, 0.15) is 31.2 Å². The normalized spacial score (nSPS) is 18.1. The van der Waals surface area contributed by atoms with E-state index in [0.717, 1.165) is 23.3 Å². The van der Waals surface area contributed by atoms with Gasteiger partial charge in [-0.2, -0.15) is 0 Å². The van der Waals surface area contributed by atoms with E-state index in [2.05, 4.69) is 10.6 Å². The first-order valence-corrected chi connectivity index (χ1v) is 8.60. The fourth-order valence-corrected chi connectivity index (χ4v) is 3.30. The van der Waals surface area contributed by atoms with E-state index in [-0.39, 0.29) is 19.1 Å². The van der Waals surface area contributed by atoms with E-state index in [9.17, 15) is 19.2 Å². The number of nitrogens with zero attached hydrogens (tertiary/aromatic N) is 1. The molecule has 1 aromatic rings. The Hall–Kier alpha value is -2.90. The summed E-state index contributed by atoms with van der Waals surface area (Å²) >= 11 is 0. The van der Waals surface area contributed by atoms with Crippen molar-refractivity contribution in [1.29, 1.82) is 0 Å². The van der Waals surface area contributed by atoms with E-state index in [1.165, 1.54) is 0 Å². The molecule has 0 aromatic heterocycles. The fraction of sp³-hybridized carbons (Fsp3) is 0.444. The average Bonchev–Trinajstić information content (AvgIpc) is 3.20. The van der Waals surface area contributed by atoms with E-state index >= 15 is 0 Å². The van der Waals surface area contributed by atoms with Gasteiger partial charge < -0.3 is 15.4 Å². The Labute approximate surface area is 150 Å². The van der Waals surface area contributed by atoms with Crippen LogP contribution in [0.3, 0.4) is 0 Å². The SMILES string of the molecule is O=C(CN1C(=O)NC2(CCCC2)C1=O)NCC(=O)OCc1ccccc1. The Kier molecular flexibility index (Phi) is 5.20. The predicted octanol–water partition coefficient (Wildman–Crippen LogP) is 0.711. The molecule has 138 valence electrons. The average molecular weight is 359 g/mol. The summed E-state index contributed by atoms with van der Waals surface area (Å²) in [5.74, 6) is -1.53. The number of benzene rings is 1. The number of nitrogens with one attached hydrogen (secondary N) is 2. The number of hydrogen-bond donors (Lipinski definition) is 2. The van der Waals surface area contributed by atoms with Crippen LogP contribution in [-0.4, -0.2) is 47.3 Å². The number of imide groups is 1. The van der Waals surface area contributed by atoms with Crippen LogP contribution in [0.4, 0.5) is 4.79 Å². The van der Waals surface area contributed by atoms with Crippen molar-refractivity contribution in [3.8, 4) is 0 Å². The number of amides is 4. The quantitative estimate of drug-likeness (QED) is 0.575. The van der Waals surface area contributed by atoms with Crippen molar-refractivity contribution >= 4 is 23.8 Å². The minimum absolute atomic E-state index is 0.116. The summed E-state index contributed by atoms with van der Waals surface area (Å²) in [6.07, 6.45) is 2.95. The number of ether oxygens (including phenoxy) is 1. The molecule has 1 saturated heterocycles. The highest BCUT2D eigenvalue weighted by Gasteiger charge is 2.52. The molecule has 4 amide bonds. The molecule has 0 bridgehead atoms. The first kappa shape index (κ1) is 17.9. The van der Waals surface area contributed by atoms with Crippen LogP contribution < -0.4 is 10.6 Å². The van der Waals surface area contributed by atoms with Gasteiger partial charge in [-0.05, 0) is 18.4 Å². The van der Waals surface area contributed by atoms with Crippen molar-refractivity contribution in [3.63, 3.8) is 0 Å². The van der Waals surface area contributed by atoms with Crippen molar-refractivity contribution in [1.82, 2.24) is 15.5 Å². The second-order valence-electron chi connectivity index (χ2n) is 6.53. The van der Waals surface area contributed by atoms with Crippen molar-refractivity contribution in [2.24, 2.45) is 0 Å². The molecule has 1 aliphatic carbocycles. The van der Waals surface area contributed by atoms with Crippen molar-refractivity contribution in [2.45, 2.75) is 37.8 Å². The first-order chi connectivity index (χ1) is 12.5. The molecule has 8 heteroatoms. The van der Waals surface area contributed by atoms with Gasteiger partial charge in [0.25, 0.3) is 5.91 Å². The molecular formula is C18H21N3O5. The molecule has 1 aromatic carbocycles. The minimum atomic E-state index is -0.841. The van der Waals surface area contributed by atoms with Crippen molar-refractivity contribution in [3.05, 3.63) is 35.9 Å². The van der Waals surface area contributed by atoms with Gasteiger partial charge in [0, 0.05) is 0 Å². The number of rotatable bonds is 6. The lowest BCUT2D eigenvalue weighted by molar-refractivity contribution is -0.145. The minimum Gasteiger partial charge on any atom is -0.460 e. The first-order valence-electron chi connectivity index (χ1n) is 8.60. The Morgan fingerprint density at radius 3 is 2.54 bits per heavy atom. The van der Waals surface area contributed by atoms with Gasteiger partial charge in [-0.25, -0.2) is 4.79 Å². The maximum Gasteiger partial charge on any atom is 0.325 e. The van der Waals surface area contributed by atoms with Crippen LogP contribution in [0.2, 0.25) is 0 Å². The zero-order valence-electron chi connectivity index (χ0n) is 14.3. The van der Waals surface area contributed by atoms with Gasteiger partial charge >= 0.3 is 12.0 Å². The Balaban J connectivity index is 1.43. The van der Waals surface area contributed by atoms with E-state index in [1.807, 2.05) is 30.3 Å². The maximum atomic E-state index is 12.4. The molecule has 0 radical (unpaired) electrons. The van der Waals surface area contributed by atoms with Crippen LogP contribution in [0, 0.1) is 0 Å². The number of carbonyl (C=O) groups excluding carboxylic acids is 4. The lowest BCUT2D eigenvalue weighted by Crippen LogP contribution is -2.45. The standard InChI is InChI=1S/C18H21N3O5/c22-14(19-10-15(23)26-12-13-6-2-1-3-7-13)11-21-16(24)18(20-17(21)25)8-4-5-9-18/h1-3,6-7H,4-5,8-12H2,(H,19,22)(H,20,25). The third kappa shape index (κ3) is 3.84. The number of carbonyl (C=O) groups is 4. The van der Waals surface area contributed by atoms with Crippen LogP contribution >= 0.6 is 0 Å². The van der Waals surface area contributed by atoms with E-state index in [0.29, 0.717) is 12.8 Å². The smallest absolute Gasteiger partial charge is 0.325 e. The van der Waals surface area contributed by atoms with Gasteiger partial charge in [-0.15, -0.1) is 0 Å².